The fourth-order valence-corrected chi connectivity index (χ4v) is 5.69. The van der Waals surface area contributed by atoms with E-state index in [0.717, 1.165) is 76.0 Å². The van der Waals surface area contributed by atoms with Gasteiger partial charge in [0.05, 0.1) is 19.1 Å². The number of nitrogens with two attached hydrogens (primary N) is 2. The number of hydrogen-bond acceptors (Lipinski definition) is 13. The predicted molar refractivity (Wildman–Crippen MR) is 208 cm³/mol. The van der Waals surface area contributed by atoms with Gasteiger partial charge in [-0.2, -0.15) is 26.7 Å². The summed E-state index contributed by atoms with van der Waals surface area (Å²) in [5.41, 5.74) is 13.9. The van der Waals surface area contributed by atoms with Crippen LogP contribution in [0.2, 0.25) is 0 Å². The Labute approximate surface area is 310 Å². The molecule has 17 heteroatoms. The summed E-state index contributed by atoms with van der Waals surface area (Å²) in [6.07, 6.45) is 7.47. The van der Waals surface area contributed by atoms with Gasteiger partial charge in [-0.15, -0.1) is 0 Å². The Hall–Kier alpha value is -4.19. The van der Waals surface area contributed by atoms with Crippen LogP contribution in [0.1, 0.15) is 61.4 Å². The van der Waals surface area contributed by atoms with Crippen LogP contribution < -0.4 is 43.4 Å². The van der Waals surface area contributed by atoms with Crippen molar-refractivity contribution in [3.05, 3.63) is 48.7 Å². The number of nitrogens with one attached hydrogen (secondary N) is 6. The first kappa shape index (κ1) is 42.2. The molecule has 0 spiro atoms. The van der Waals surface area contributed by atoms with E-state index in [2.05, 4.69) is 60.7 Å². The van der Waals surface area contributed by atoms with Gasteiger partial charge in [0.15, 0.2) is 17.0 Å². The van der Waals surface area contributed by atoms with Crippen molar-refractivity contribution in [2.24, 2.45) is 5.73 Å². The van der Waals surface area contributed by atoms with E-state index in [9.17, 15) is 19.5 Å². The van der Waals surface area contributed by atoms with Gasteiger partial charge in [0.25, 0.3) is 11.9 Å². The van der Waals surface area contributed by atoms with Gasteiger partial charge < -0.3 is 48.5 Å². The van der Waals surface area contributed by atoms with Crippen molar-refractivity contribution in [2.75, 3.05) is 74.9 Å². The Morgan fingerprint density at radius 2 is 1.58 bits per heavy atom. The first-order valence-electron chi connectivity index (χ1n) is 18.0. The Kier molecular flexibility index (Phi) is 19.6. The van der Waals surface area contributed by atoms with E-state index in [0.29, 0.717) is 48.1 Å². The highest BCUT2D eigenvalue weighted by Crippen LogP contribution is 2.25. The van der Waals surface area contributed by atoms with Gasteiger partial charge >= 0.3 is 0 Å². The Balaban J connectivity index is 1.22. The molecule has 52 heavy (non-hydrogen) atoms. The molecule has 3 aromatic rings. The lowest BCUT2D eigenvalue weighted by Crippen LogP contribution is -2.43. The third kappa shape index (κ3) is 15.2. The summed E-state index contributed by atoms with van der Waals surface area (Å²) in [7, 11) is 0. The van der Waals surface area contributed by atoms with Crippen molar-refractivity contribution >= 4 is 52.4 Å². The number of imidazole rings is 1. The maximum Gasteiger partial charge on any atom is 0.296 e. The molecule has 0 saturated heterocycles. The van der Waals surface area contributed by atoms with Crippen LogP contribution in [0.5, 0.6) is 6.01 Å². The van der Waals surface area contributed by atoms with Gasteiger partial charge in [0.1, 0.15) is 0 Å². The Morgan fingerprint density at radius 1 is 0.904 bits per heavy atom. The molecule has 0 fully saturated rings. The van der Waals surface area contributed by atoms with Gasteiger partial charge in [-0.05, 0) is 95.1 Å². The highest BCUT2D eigenvalue weighted by molar-refractivity contribution is 7.99. The maximum atomic E-state index is 12.6. The second kappa shape index (κ2) is 24.1. The first-order chi connectivity index (χ1) is 25.2. The fraction of sp³-hybridized carbons (Fsp3) is 0.543. The van der Waals surface area contributed by atoms with E-state index in [1.165, 1.54) is 4.57 Å². The summed E-state index contributed by atoms with van der Waals surface area (Å²) >= 11 is 1.60. The lowest BCUT2D eigenvalue weighted by molar-refractivity contribution is -0.122. The maximum absolute atomic E-state index is 12.6. The number of hydrogen-bond donors (Lipinski definition) is 9. The molecule has 3 rings (SSSR count). The van der Waals surface area contributed by atoms with Gasteiger partial charge in [-0.3, -0.25) is 19.0 Å². The molecule has 1 aromatic carbocycles. The molecule has 286 valence electrons. The number of anilines is 2. The number of fused-ring (bicyclic) bond motifs is 1. The van der Waals surface area contributed by atoms with Crippen molar-refractivity contribution < 1.29 is 19.5 Å². The summed E-state index contributed by atoms with van der Waals surface area (Å²) in [6.45, 7) is 11.1. The van der Waals surface area contributed by atoms with E-state index in [1.54, 1.807) is 42.4 Å². The molecule has 2 heterocycles. The lowest BCUT2D eigenvalue weighted by Gasteiger charge is -2.12. The van der Waals surface area contributed by atoms with Gasteiger partial charge in [-0.1, -0.05) is 25.5 Å². The molecule has 16 nitrogen and oxygen atoms in total. The minimum absolute atomic E-state index is 0.110. The van der Waals surface area contributed by atoms with Crippen molar-refractivity contribution in [1.29, 1.82) is 0 Å². The van der Waals surface area contributed by atoms with E-state index < -0.39 is 6.04 Å². The normalized spacial score (nSPS) is 11.8. The SMILES string of the molecule is [CH2][CH]CSC[C@H](N)C(=O)NCCCNCCCCNCCCNC(=O)CNC(=O)c1ccc(Cn2c(O)nc3c(N)nc(NCCCC)nc32)cc1. The highest BCUT2D eigenvalue weighted by Gasteiger charge is 2.17. The fourth-order valence-electron chi connectivity index (χ4n) is 4.98. The minimum atomic E-state index is -0.488. The van der Waals surface area contributed by atoms with Crippen molar-refractivity contribution in [3.8, 4) is 6.01 Å². The topological polar surface area (TPSA) is 239 Å². The number of nitrogen functional groups attached to an aromatic ring is 1. The molecule has 0 aliphatic heterocycles. The zero-order valence-electron chi connectivity index (χ0n) is 30.2. The summed E-state index contributed by atoms with van der Waals surface area (Å²) < 4.78 is 1.53. The zero-order valence-corrected chi connectivity index (χ0v) is 31.0. The van der Waals surface area contributed by atoms with Crippen LogP contribution in [0.15, 0.2) is 24.3 Å². The molecule has 11 N–H and O–H groups in total. The number of aromatic hydroxyl groups is 1. The lowest BCUT2D eigenvalue weighted by atomic mass is 10.1. The van der Waals surface area contributed by atoms with E-state index in [-0.39, 0.29) is 42.6 Å². The van der Waals surface area contributed by atoms with E-state index in [4.69, 9.17) is 11.5 Å². The van der Waals surface area contributed by atoms with E-state index >= 15 is 0 Å². The van der Waals surface area contributed by atoms with Crippen LogP contribution in [0.25, 0.3) is 11.2 Å². The van der Waals surface area contributed by atoms with Crippen LogP contribution >= 0.6 is 11.8 Å². The molecule has 0 saturated carbocycles. The van der Waals surface area contributed by atoms with Gasteiger partial charge in [-0.25, -0.2) is 0 Å². The molecule has 1 atom stereocenters. The first-order valence-corrected chi connectivity index (χ1v) is 19.1. The third-order valence-corrected chi connectivity index (χ3v) is 8.96. The second-order valence-corrected chi connectivity index (χ2v) is 13.3. The molecule has 0 aliphatic rings. The van der Waals surface area contributed by atoms with Crippen LogP contribution in [0.3, 0.4) is 0 Å². The van der Waals surface area contributed by atoms with Crippen molar-refractivity contribution in [3.63, 3.8) is 0 Å². The third-order valence-electron chi connectivity index (χ3n) is 7.89. The number of aromatic nitrogens is 4. The number of amides is 3. The molecule has 0 bridgehead atoms. The average molecular weight is 741 g/mol. The van der Waals surface area contributed by atoms with Crippen LogP contribution in [0.4, 0.5) is 11.8 Å². The molecule has 3 amide bonds. The zero-order chi connectivity index (χ0) is 37.6. The number of unbranched alkanes of at least 4 members (excludes halogenated alkanes) is 2. The second-order valence-electron chi connectivity index (χ2n) is 12.3. The molecule has 0 unspecified atom stereocenters. The molecular formula is C35H56N12O4S. The molecule has 2 radical (unpaired) electrons. The Bertz CT molecular complexity index is 1520. The predicted octanol–water partition coefficient (Wildman–Crippen LogP) is 1.18. The summed E-state index contributed by atoms with van der Waals surface area (Å²) in [4.78, 5) is 49.7. The van der Waals surface area contributed by atoms with Crippen LogP contribution in [-0.4, -0.2) is 112 Å². The number of thioether (sulfide) groups is 1. The number of carbonyl (C=O) groups is 3. The minimum Gasteiger partial charge on any atom is -0.480 e. The van der Waals surface area contributed by atoms with Crippen LogP contribution in [-0.2, 0) is 16.1 Å². The molecule has 0 aliphatic carbocycles. The number of benzene rings is 1. The summed E-state index contributed by atoms with van der Waals surface area (Å²) in [6, 6.07) is 6.13. The quantitative estimate of drug-likeness (QED) is 0.0500. The number of carbonyl (C=O) groups excluding carboxylic acids is 3. The van der Waals surface area contributed by atoms with Crippen LogP contribution in [0, 0.1) is 13.3 Å². The number of nitrogens with zero attached hydrogens (tertiary/aromatic N) is 4. The Morgan fingerprint density at radius 3 is 2.25 bits per heavy atom. The summed E-state index contributed by atoms with van der Waals surface area (Å²) in [5.74, 6) is 1.19. The largest absolute Gasteiger partial charge is 0.480 e. The molecule has 2 aromatic heterocycles. The monoisotopic (exact) mass is 740 g/mol. The molecular weight excluding hydrogens is 685 g/mol. The van der Waals surface area contributed by atoms with E-state index in [1.807, 2.05) is 0 Å². The van der Waals surface area contributed by atoms with Crippen molar-refractivity contribution in [2.45, 2.75) is 58.0 Å². The summed E-state index contributed by atoms with van der Waals surface area (Å²) in [5, 5.41) is 28.8. The smallest absolute Gasteiger partial charge is 0.296 e. The van der Waals surface area contributed by atoms with Gasteiger partial charge in [0, 0.05) is 31.0 Å². The van der Waals surface area contributed by atoms with Crippen molar-refractivity contribution in [1.82, 2.24) is 46.1 Å². The number of rotatable bonds is 27. The van der Waals surface area contributed by atoms with Gasteiger partial charge in [0.2, 0.25) is 17.8 Å². The highest BCUT2D eigenvalue weighted by atomic mass is 32.2. The standard InChI is InChI=1S/C35H56N12O4S/c1-3-5-18-42-34-45-30(37)29-31(46-34)47(35(51)44-29)23-25-10-12-26(13-11-25)32(49)43-22-28(48)40-19-8-16-38-14-6-7-15-39-17-9-20-41-33(50)27(36)24-52-21-4-2/h4,10-13,27,38-39H,2-3,5-9,14-24,36H2,1H3,(H,40,48)(H,41,50)(H,43,49)(H,44,51)(H3,37,42,45,46)/t27-/m0/s1. The average Bonchev–Trinajstić information content (AvgIpc) is 3.45.